The maximum Gasteiger partial charge on any atom is 0.257 e. The predicted molar refractivity (Wildman–Crippen MR) is 100 cm³/mol. The summed E-state index contributed by atoms with van der Waals surface area (Å²) in [5.41, 5.74) is 0.573. The van der Waals surface area contributed by atoms with Crippen molar-refractivity contribution in [3.05, 3.63) is 28.8 Å². The molecule has 3 rings (SSSR count). The van der Waals surface area contributed by atoms with Crippen molar-refractivity contribution in [2.75, 3.05) is 44.8 Å². The molecular formula is C18H25ClN2O2S. The third-order valence-electron chi connectivity index (χ3n) is 4.76. The van der Waals surface area contributed by atoms with Crippen LogP contribution in [-0.4, -0.2) is 66.5 Å². The number of carbonyl (C=O) groups excluding carboxylic acids is 1. The molecule has 0 aliphatic carbocycles. The summed E-state index contributed by atoms with van der Waals surface area (Å²) in [4.78, 5) is 17.8. The molecule has 0 bridgehead atoms. The van der Waals surface area contributed by atoms with Gasteiger partial charge in [-0.3, -0.25) is 4.79 Å². The van der Waals surface area contributed by atoms with Gasteiger partial charge in [-0.15, -0.1) is 0 Å². The molecule has 0 spiro atoms. The van der Waals surface area contributed by atoms with E-state index in [1.54, 1.807) is 25.3 Å². The van der Waals surface area contributed by atoms with Gasteiger partial charge in [0.1, 0.15) is 5.75 Å². The molecule has 1 aromatic rings. The highest BCUT2D eigenvalue weighted by Gasteiger charge is 2.30. The largest absolute Gasteiger partial charge is 0.496 e. The maximum atomic E-state index is 13.2. The van der Waals surface area contributed by atoms with Gasteiger partial charge in [0.2, 0.25) is 0 Å². The van der Waals surface area contributed by atoms with E-state index in [9.17, 15) is 4.79 Å². The van der Waals surface area contributed by atoms with E-state index in [4.69, 9.17) is 16.3 Å². The first-order valence-corrected chi connectivity index (χ1v) is 10.2. The molecule has 4 nitrogen and oxygen atoms in total. The zero-order chi connectivity index (χ0) is 16.9. The molecule has 1 unspecified atom stereocenters. The van der Waals surface area contributed by atoms with Crippen LogP contribution in [0.4, 0.5) is 0 Å². The molecule has 6 heteroatoms. The summed E-state index contributed by atoms with van der Waals surface area (Å²) in [6, 6.07) is 5.52. The summed E-state index contributed by atoms with van der Waals surface area (Å²) >= 11 is 8.08. The zero-order valence-electron chi connectivity index (χ0n) is 14.2. The monoisotopic (exact) mass is 368 g/mol. The number of hydrogen-bond acceptors (Lipinski definition) is 4. The Balaban J connectivity index is 1.82. The van der Waals surface area contributed by atoms with Crippen LogP contribution in [0.1, 0.15) is 29.6 Å². The van der Waals surface area contributed by atoms with Crippen LogP contribution in [0.2, 0.25) is 5.02 Å². The smallest absolute Gasteiger partial charge is 0.257 e. The van der Waals surface area contributed by atoms with Gasteiger partial charge in [0.05, 0.1) is 18.7 Å². The second kappa shape index (κ2) is 8.45. The van der Waals surface area contributed by atoms with E-state index in [-0.39, 0.29) is 11.9 Å². The molecule has 2 fully saturated rings. The van der Waals surface area contributed by atoms with Gasteiger partial charge >= 0.3 is 0 Å². The van der Waals surface area contributed by atoms with E-state index in [2.05, 4.69) is 4.90 Å². The van der Waals surface area contributed by atoms with E-state index >= 15 is 0 Å². The van der Waals surface area contributed by atoms with Crippen LogP contribution in [0.5, 0.6) is 5.75 Å². The molecule has 2 aliphatic heterocycles. The lowest BCUT2D eigenvalue weighted by molar-refractivity contribution is 0.0663. The van der Waals surface area contributed by atoms with E-state index in [0.29, 0.717) is 16.3 Å². The third-order valence-corrected chi connectivity index (χ3v) is 6.19. The minimum absolute atomic E-state index is 0.0426. The van der Waals surface area contributed by atoms with Crippen LogP contribution in [0, 0.1) is 0 Å². The van der Waals surface area contributed by atoms with Gasteiger partial charge in [-0.2, -0.15) is 11.8 Å². The molecule has 24 heavy (non-hydrogen) atoms. The van der Waals surface area contributed by atoms with Crippen molar-refractivity contribution in [3.8, 4) is 5.75 Å². The van der Waals surface area contributed by atoms with Crippen LogP contribution in [0.15, 0.2) is 18.2 Å². The van der Waals surface area contributed by atoms with Gasteiger partial charge in [-0.25, -0.2) is 0 Å². The van der Waals surface area contributed by atoms with E-state index < -0.39 is 0 Å². The van der Waals surface area contributed by atoms with Crippen molar-refractivity contribution in [3.63, 3.8) is 0 Å². The molecule has 0 saturated carbocycles. The molecule has 0 radical (unpaired) electrons. The van der Waals surface area contributed by atoms with Gasteiger partial charge in [0, 0.05) is 23.9 Å². The molecule has 2 saturated heterocycles. The van der Waals surface area contributed by atoms with Gasteiger partial charge < -0.3 is 14.5 Å². The Labute approximate surface area is 153 Å². The molecule has 1 aromatic carbocycles. The Kier molecular flexibility index (Phi) is 6.31. The number of rotatable bonds is 4. The molecule has 0 aromatic heterocycles. The highest BCUT2D eigenvalue weighted by atomic mass is 35.5. The maximum absolute atomic E-state index is 13.2. The van der Waals surface area contributed by atoms with Crippen LogP contribution >= 0.6 is 23.4 Å². The first-order chi connectivity index (χ1) is 11.7. The lowest BCUT2D eigenvalue weighted by Crippen LogP contribution is -2.47. The second-order valence-electron chi connectivity index (χ2n) is 6.43. The molecule has 1 amide bonds. The highest BCUT2D eigenvalue weighted by Crippen LogP contribution is 2.27. The number of amides is 1. The summed E-state index contributed by atoms with van der Waals surface area (Å²) < 4.78 is 5.39. The predicted octanol–water partition coefficient (Wildman–Crippen LogP) is 3.39. The summed E-state index contributed by atoms with van der Waals surface area (Å²) in [6.07, 6.45) is 3.58. The Morgan fingerprint density at radius 3 is 2.83 bits per heavy atom. The van der Waals surface area contributed by atoms with Crippen LogP contribution in [-0.2, 0) is 0 Å². The van der Waals surface area contributed by atoms with Crippen LogP contribution in [0.3, 0.4) is 0 Å². The van der Waals surface area contributed by atoms with Crippen molar-refractivity contribution >= 4 is 29.3 Å². The van der Waals surface area contributed by atoms with Crippen LogP contribution < -0.4 is 4.74 Å². The third kappa shape index (κ3) is 4.19. The average molecular weight is 369 g/mol. The average Bonchev–Trinajstić information content (AvgIpc) is 2.99. The summed E-state index contributed by atoms with van der Waals surface area (Å²) in [6.45, 7) is 4.09. The second-order valence-corrected chi connectivity index (χ2v) is 8.02. The fraction of sp³-hybridized carbons (Fsp3) is 0.611. The normalized spacial score (nSPS) is 22.4. The first-order valence-electron chi connectivity index (χ1n) is 8.63. The SMILES string of the molecule is COc1ccc(Cl)cc1C(=O)N1CCCSCC1CN1CCCC1. The number of carbonyl (C=O) groups is 1. The van der Waals surface area contributed by atoms with Gasteiger partial charge in [-0.05, 0) is 56.3 Å². The minimum atomic E-state index is 0.0426. The molecule has 0 N–H and O–H groups in total. The van der Waals surface area contributed by atoms with E-state index in [0.717, 1.165) is 44.1 Å². The number of likely N-dealkylation sites (tertiary alicyclic amines) is 1. The zero-order valence-corrected chi connectivity index (χ0v) is 15.7. The topological polar surface area (TPSA) is 32.8 Å². The number of benzene rings is 1. The molecular weight excluding hydrogens is 344 g/mol. The van der Waals surface area contributed by atoms with Crippen molar-refractivity contribution < 1.29 is 9.53 Å². The quantitative estimate of drug-likeness (QED) is 0.815. The van der Waals surface area contributed by atoms with Gasteiger partial charge in [0.15, 0.2) is 0 Å². The number of hydrogen-bond donors (Lipinski definition) is 0. The Morgan fingerprint density at radius 1 is 1.29 bits per heavy atom. The molecule has 2 heterocycles. The summed E-state index contributed by atoms with van der Waals surface area (Å²) in [5, 5.41) is 0.569. The number of halogens is 1. The molecule has 2 aliphatic rings. The van der Waals surface area contributed by atoms with E-state index in [1.165, 1.54) is 12.8 Å². The Hall–Kier alpha value is -0.910. The fourth-order valence-corrected chi connectivity index (χ4v) is 4.74. The Morgan fingerprint density at radius 2 is 2.08 bits per heavy atom. The first kappa shape index (κ1) is 17.9. The van der Waals surface area contributed by atoms with Gasteiger partial charge in [0.25, 0.3) is 5.91 Å². The highest BCUT2D eigenvalue weighted by molar-refractivity contribution is 7.99. The standard InChI is InChI=1S/C18H25ClN2O2S/c1-23-17-6-5-14(19)11-16(17)18(22)21-9-4-10-24-13-15(21)12-20-7-2-3-8-20/h5-6,11,15H,2-4,7-10,12-13H2,1H3. The van der Waals surface area contributed by atoms with Crippen molar-refractivity contribution in [1.82, 2.24) is 9.80 Å². The summed E-state index contributed by atoms with van der Waals surface area (Å²) in [7, 11) is 1.60. The van der Waals surface area contributed by atoms with Crippen molar-refractivity contribution in [2.45, 2.75) is 25.3 Å². The van der Waals surface area contributed by atoms with E-state index in [1.807, 2.05) is 16.7 Å². The molecule has 132 valence electrons. The lowest BCUT2D eigenvalue weighted by Gasteiger charge is -2.33. The number of nitrogens with zero attached hydrogens (tertiary/aromatic N) is 2. The van der Waals surface area contributed by atoms with Crippen molar-refractivity contribution in [2.24, 2.45) is 0 Å². The summed E-state index contributed by atoms with van der Waals surface area (Å²) in [5.74, 6) is 2.76. The fourth-order valence-electron chi connectivity index (χ4n) is 3.51. The lowest BCUT2D eigenvalue weighted by atomic mass is 10.1. The number of ether oxygens (including phenoxy) is 1. The number of thioether (sulfide) groups is 1. The van der Waals surface area contributed by atoms with Crippen LogP contribution in [0.25, 0.3) is 0 Å². The number of methoxy groups -OCH3 is 1. The van der Waals surface area contributed by atoms with Gasteiger partial charge in [-0.1, -0.05) is 11.6 Å². The minimum Gasteiger partial charge on any atom is -0.496 e. The van der Waals surface area contributed by atoms with Crippen molar-refractivity contribution in [1.29, 1.82) is 0 Å². The molecule has 1 atom stereocenters. The Bertz CT molecular complexity index is 578.